The molecule has 0 amide bonds. The van der Waals surface area contributed by atoms with Gasteiger partial charge in [0, 0.05) is 6.61 Å². The fourth-order valence-electron chi connectivity index (χ4n) is 1.31. The second kappa shape index (κ2) is 6.18. The highest BCUT2D eigenvalue weighted by molar-refractivity contribution is 5.27. The number of rotatable bonds is 5. The van der Waals surface area contributed by atoms with Crippen LogP contribution in [0.15, 0.2) is 24.3 Å². The normalized spacial score (nSPS) is 12.1. The molecule has 0 spiro atoms. The number of benzene rings is 1. The van der Waals surface area contributed by atoms with Crippen LogP contribution in [0.25, 0.3) is 0 Å². The molecule has 0 saturated carbocycles. The first-order valence-corrected chi connectivity index (χ1v) is 4.96. The highest BCUT2D eigenvalue weighted by atomic mass is 16.5. The summed E-state index contributed by atoms with van der Waals surface area (Å²) < 4.78 is 5.35. The quantitative estimate of drug-likeness (QED) is 0.747. The lowest BCUT2D eigenvalue weighted by Crippen LogP contribution is -2.04. The number of nitriles is 1. The zero-order valence-electron chi connectivity index (χ0n) is 8.81. The number of hydrogen-bond donors (Lipinski definition) is 1. The van der Waals surface area contributed by atoms with Crippen molar-refractivity contribution >= 4 is 0 Å². The highest BCUT2D eigenvalue weighted by Crippen LogP contribution is 2.17. The first kappa shape index (κ1) is 11.7. The maximum atomic E-state index is 8.93. The van der Waals surface area contributed by atoms with Crippen molar-refractivity contribution in [1.29, 1.82) is 5.26 Å². The van der Waals surface area contributed by atoms with Gasteiger partial charge in [-0.2, -0.15) is 5.26 Å². The van der Waals surface area contributed by atoms with Crippen LogP contribution in [-0.4, -0.2) is 18.3 Å². The Kier molecular flexibility index (Phi) is 4.82. The van der Waals surface area contributed by atoms with E-state index in [1.807, 2.05) is 31.2 Å². The number of aliphatic hydroxyl groups excluding tert-OH is 1. The van der Waals surface area contributed by atoms with Crippen LogP contribution < -0.4 is 0 Å². The second-order valence-corrected chi connectivity index (χ2v) is 3.37. The summed E-state index contributed by atoms with van der Waals surface area (Å²) in [4.78, 5) is 0. The molecule has 1 N–H and O–H groups in total. The lowest BCUT2D eigenvalue weighted by Gasteiger charge is -2.10. The van der Waals surface area contributed by atoms with Gasteiger partial charge in [-0.15, -0.1) is 0 Å². The topological polar surface area (TPSA) is 53.2 Å². The Hall–Kier alpha value is -1.37. The van der Waals surface area contributed by atoms with Gasteiger partial charge in [-0.3, -0.25) is 0 Å². The average Bonchev–Trinajstić information content (AvgIpc) is 2.24. The summed E-state index contributed by atoms with van der Waals surface area (Å²) in [5.41, 5.74) is 1.98. The standard InChI is InChI=1S/C12H15NO2/c1-10-4-2-5-11(8-10)12(9-13)15-7-3-6-14/h2,4-5,8,12,14H,3,6-7H2,1H3. The van der Waals surface area contributed by atoms with Crippen LogP contribution in [0.1, 0.15) is 23.7 Å². The third-order valence-electron chi connectivity index (χ3n) is 2.05. The van der Waals surface area contributed by atoms with E-state index < -0.39 is 6.10 Å². The SMILES string of the molecule is Cc1cccc(C(C#N)OCCCO)c1. The van der Waals surface area contributed by atoms with Gasteiger partial charge in [-0.05, 0) is 18.9 Å². The molecule has 1 unspecified atom stereocenters. The molecule has 0 radical (unpaired) electrons. The molecule has 15 heavy (non-hydrogen) atoms. The number of hydrogen-bond acceptors (Lipinski definition) is 3. The number of aryl methyl sites for hydroxylation is 1. The molecular weight excluding hydrogens is 190 g/mol. The number of ether oxygens (including phenoxy) is 1. The number of nitrogens with zero attached hydrogens (tertiary/aromatic N) is 1. The summed E-state index contributed by atoms with van der Waals surface area (Å²) in [6.07, 6.45) is 0.0285. The Morgan fingerprint density at radius 2 is 2.33 bits per heavy atom. The van der Waals surface area contributed by atoms with E-state index >= 15 is 0 Å². The van der Waals surface area contributed by atoms with Crippen LogP contribution in [-0.2, 0) is 4.74 Å². The summed E-state index contributed by atoms with van der Waals surface area (Å²) >= 11 is 0. The molecule has 3 nitrogen and oxygen atoms in total. The molecule has 1 aromatic rings. The monoisotopic (exact) mass is 205 g/mol. The number of aliphatic hydroxyl groups is 1. The smallest absolute Gasteiger partial charge is 0.169 e. The van der Waals surface area contributed by atoms with E-state index in [1.165, 1.54) is 0 Å². The summed E-state index contributed by atoms with van der Waals surface area (Å²) in [5, 5.41) is 17.5. The molecule has 3 heteroatoms. The predicted octanol–water partition coefficient (Wildman–Crippen LogP) is 1.96. The Labute approximate surface area is 89.9 Å². The van der Waals surface area contributed by atoms with E-state index in [0.717, 1.165) is 11.1 Å². The van der Waals surface area contributed by atoms with Crippen LogP contribution in [0.4, 0.5) is 0 Å². The second-order valence-electron chi connectivity index (χ2n) is 3.37. The van der Waals surface area contributed by atoms with E-state index in [9.17, 15) is 0 Å². The highest BCUT2D eigenvalue weighted by Gasteiger charge is 2.09. The molecule has 0 aromatic heterocycles. The van der Waals surface area contributed by atoms with Gasteiger partial charge in [0.25, 0.3) is 0 Å². The first-order valence-electron chi connectivity index (χ1n) is 4.96. The average molecular weight is 205 g/mol. The van der Waals surface area contributed by atoms with Crippen molar-refractivity contribution in [2.24, 2.45) is 0 Å². The van der Waals surface area contributed by atoms with Crippen molar-refractivity contribution in [3.05, 3.63) is 35.4 Å². The molecule has 1 atom stereocenters. The molecule has 0 aliphatic carbocycles. The molecule has 1 rings (SSSR count). The minimum Gasteiger partial charge on any atom is -0.396 e. The van der Waals surface area contributed by atoms with Crippen molar-refractivity contribution in [2.45, 2.75) is 19.4 Å². The van der Waals surface area contributed by atoms with Gasteiger partial charge in [-0.25, -0.2) is 0 Å². The van der Waals surface area contributed by atoms with Crippen molar-refractivity contribution in [3.8, 4) is 6.07 Å². The third-order valence-corrected chi connectivity index (χ3v) is 2.05. The van der Waals surface area contributed by atoms with Gasteiger partial charge in [0.15, 0.2) is 6.10 Å². The van der Waals surface area contributed by atoms with E-state index in [1.54, 1.807) is 0 Å². The summed E-state index contributed by atoms with van der Waals surface area (Å²) in [6, 6.07) is 9.80. The molecular formula is C12H15NO2. The van der Waals surface area contributed by atoms with Crippen LogP contribution >= 0.6 is 0 Å². The first-order chi connectivity index (χ1) is 7.27. The van der Waals surface area contributed by atoms with Crippen molar-refractivity contribution in [2.75, 3.05) is 13.2 Å². The molecule has 0 bridgehead atoms. The zero-order valence-corrected chi connectivity index (χ0v) is 8.81. The van der Waals surface area contributed by atoms with Gasteiger partial charge >= 0.3 is 0 Å². The van der Waals surface area contributed by atoms with Crippen LogP contribution in [0.5, 0.6) is 0 Å². The van der Waals surface area contributed by atoms with E-state index in [4.69, 9.17) is 15.1 Å². The lowest BCUT2D eigenvalue weighted by molar-refractivity contribution is 0.0773. The Morgan fingerprint density at radius 3 is 2.93 bits per heavy atom. The van der Waals surface area contributed by atoms with Gasteiger partial charge in [0.2, 0.25) is 0 Å². The van der Waals surface area contributed by atoms with Gasteiger partial charge in [0.1, 0.15) is 0 Å². The maximum absolute atomic E-state index is 8.93. The third kappa shape index (κ3) is 3.70. The summed E-state index contributed by atoms with van der Waals surface area (Å²) in [7, 11) is 0. The molecule has 80 valence electrons. The molecule has 0 saturated heterocycles. The van der Waals surface area contributed by atoms with Crippen LogP contribution in [0.3, 0.4) is 0 Å². The maximum Gasteiger partial charge on any atom is 0.169 e. The Morgan fingerprint density at radius 1 is 1.53 bits per heavy atom. The largest absolute Gasteiger partial charge is 0.396 e. The van der Waals surface area contributed by atoms with E-state index in [0.29, 0.717) is 13.0 Å². The van der Waals surface area contributed by atoms with Gasteiger partial charge in [0.05, 0.1) is 12.7 Å². The van der Waals surface area contributed by atoms with Crippen molar-refractivity contribution in [1.82, 2.24) is 0 Å². The van der Waals surface area contributed by atoms with Gasteiger partial charge < -0.3 is 9.84 Å². The molecule has 0 heterocycles. The van der Waals surface area contributed by atoms with Crippen LogP contribution in [0, 0.1) is 18.3 Å². The summed E-state index contributed by atoms with van der Waals surface area (Å²) in [6.45, 7) is 2.47. The van der Waals surface area contributed by atoms with E-state index in [2.05, 4.69) is 6.07 Å². The lowest BCUT2D eigenvalue weighted by atomic mass is 10.1. The Balaban J connectivity index is 2.63. The minimum atomic E-state index is -0.531. The van der Waals surface area contributed by atoms with E-state index in [-0.39, 0.29) is 6.61 Å². The molecule has 0 aliphatic rings. The molecule has 1 aromatic carbocycles. The molecule has 0 aliphatic heterocycles. The fourth-order valence-corrected chi connectivity index (χ4v) is 1.31. The van der Waals surface area contributed by atoms with Crippen molar-refractivity contribution in [3.63, 3.8) is 0 Å². The van der Waals surface area contributed by atoms with Crippen LogP contribution in [0.2, 0.25) is 0 Å². The predicted molar refractivity (Wildman–Crippen MR) is 57.2 cm³/mol. The van der Waals surface area contributed by atoms with Crippen molar-refractivity contribution < 1.29 is 9.84 Å². The summed E-state index contributed by atoms with van der Waals surface area (Å²) in [5.74, 6) is 0. The Bertz CT molecular complexity index is 344. The minimum absolute atomic E-state index is 0.0893. The fraction of sp³-hybridized carbons (Fsp3) is 0.417. The van der Waals surface area contributed by atoms with Gasteiger partial charge in [-0.1, -0.05) is 29.8 Å². The zero-order chi connectivity index (χ0) is 11.1. The molecule has 0 fully saturated rings.